The first-order chi connectivity index (χ1) is 6.29. The fourth-order valence-corrected chi connectivity index (χ4v) is 1.55. The molecule has 0 spiro atoms. The molecule has 1 amide bonds. The van der Waals surface area contributed by atoms with Crippen molar-refractivity contribution in [2.75, 3.05) is 17.2 Å². The van der Waals surface area contributed by atoms with Gasteiger partial charge in [0.1, 0.15) is 0 Å². The van der Waals surface area contributed by atoms with Crippen LogP contribution in [0.4, 0.5) is 11.4 Å². The van der Waals surface area contributed by atoms with Crippen molar-refractivity contribution in [2.45, 2.75) is 12.8 Å². The van der Waals surface area contributed by atoms with Crippen molar-refractivity contribution in [1.82, 2.24) is 4.98 Å². The van der Waals surface area contributed by atoms with E-state index in [1.165, 1.54) is 0 Å². The number of nitrogens with two attached hydrogens (primary N) is 1. The lowest BCUT2D eigenvalue weighted by Crippen LogP contribution is -2.24. The lowest BCUT2D eigenvalue weighted by molar-refractivity contribution is -0.117. The van der Waals surface area contributed by atoms with Gasteiger partial charge in [0.25, 0.3) is 0 Å². The van der Waals surface area contributed by atoms with Gasteiger partial charge in [-0.15, -0.1) is 0 Å². The highest BCUT2D eigenvalue weighted by atomic mass is 16.2. The van der Waals surface area contributed by atoms with Gasteiger partial charge < -0.3 is 10.6 Å². The third-order valence-electron chi connectivity index (χ3n) is 2.19. The van der Waals surface area contributed by atoms with Gasteiger partial charge in [-0.1, -0.05) is 0 Å². The molecule has 68 valence electrons. The number of anilines is 2. The van der Waals surface area contributed by atoms with Crippen LogP contribution in [0.1, 0.15) is 12.8 Å². The van der Waals surface area contributed by atoms with E-state index in [4.69, 9.17) is 5.73 Å². The van der Waals surface area contributed by atoms with Gasteiger partial charge in [0.2, 0.25) is 5.91 Å². The predicted octanol–water partition coefficient (Wildman–Crippen LogP) is 0.791. The van der Waals surface area contributed by atoms with Crippen molar-refractivity contribution in [3.63, 3.8) is 0 Å². The maximum Gasteiger partial charge on any atom is 0.227 e. The van der Waals surface area contributed by atoms with Crippen LogP contribution in [-0.2, 0) is 4.79 Å². The summed E-state index contributed by atoms with van der Waals surface area (Å²) in [5, 5.41) is 0. The highest BCUT2D eigenvalue weighted by Gasteiger charge is 2.22. The van der Waals surface area contributed by atoms with E-state index in [-0.39, 0.29) is 5.91 Å². The minimum absolute atomic E-state index is 0.151. The van der Waals surface area contributed by atoms with E-state index in [0.29, 0.717) is 12.1 Å². The molecule has 0 atom stereocenters. The van der Waals surface area contributed by atoms with Crippen LogP contribution >= 0.6 is 0 Å². The van der Waals surface area contributed by atoms with Gasteiger partial charge in [-0.05, 0) is 12.5 Å². The Morgan fingerprint density at radius 1 is 1.54 bits per heavy atom. The van der Waals surface area contributed by atoms with E-state index in [1.807, 2.05) is 0 Å². The topological polar surface area (TPSA) is 59.2 Å². The molecule has 1 aliphatic heterocycles. The van der Waals surface area contributed by atoms with Gasteiger partial charge in [-0.2, -0.15) is 0 Å². The summed E-state index contributed by atoms with van der Waals surface area (Å²) < 4.78 is 0. The molecule has 1 aromatic rings. The van der Waals surface area contributed by atoms with E-state index >= 15 is 0 Å². The lowest BCUT2D eigenvalue weighted by Gasteiger charge is -2.16. The quantitative estimate of drug-likeness (QED) is 0.690. The summed E-state index contributed by atoms with van der Waals surface area (Å²) in [5.41, 5.74) is 7.06. The zero-order valence-electron chi connectivity index (χ0n) is 7.23. The number of amides is 1. The number of carbonyl (C=O) groups is 1. The molecular weight excluding hydrogens is 166 g/mol. The van der Waals surface area contributed by atoms with Crippen LogP contribution in [0.2, 0.25) is 0 Å². The molecule has 0 radical (unpaired) electrons. The fraction of sp³-hybridized carbons (Fsp3) is 0.333. The molecule has 4 nitrogen and oxygen atoms in total. The van der Waals surface area contributed by atoms with E-state index in [0.717, 1.165) is 18.7 Å². The van der Waals surface area contributed by atoms with Gasteiger partial charge in [-0.25, -0.2) is 0 Å². The first kappa shape index (κ1) is 8.04. The SMILES string of the molecule is Nc1cnccc1N1CCCC1=O. The second-order valence-electron chi connectivity index (χ2n) is 3.08. The molecular formula is C9H11N3O. The van der Waals surface area contributed by atoms with E-state index in [1.54, 1.807) is 23.4 Å². The number of nitrogen functional groups attached to an aromatic ring is 1. The summed E-state index contributed by atoms with van der Waals surface area (Å²) in [6.45, 7) is 0.771. The van der Waals surface area contributed by atoms with E-state index < -0.39 is 0 Å². The monoisotopic (exact) mass is 177 g/mol. The summed E-state index contributed by atoms with van der Waals surface area (Å²) in [6.07, 6.45) is 4.76. The Morgan fingerprint density at radius 3 is 3.00 bits per heavy atom. The Hall–Kier alpha value is -1.58. The van der Waals surface area contributed by atoms with Gasteiger partial charge >= 0.3 is 0 Å². The summed E-state index contributed by atoms with van der Waals surface area (Å²) in [5.74, 6) is 0.151. The zero-order valence-corrected chi connectivity index (χ0v) is 7.23. The number of nitrogens with zero attached hydrogens (tertiary/aromatic N) is 2. The molecule has 1 aromatic heterocycles. The molecule has 0 aromatic carbocycles. The molecule has 0 aliphatic carbocycles. The number of hydrogen-bond donors (Lipinski definition) is 1. The highest BCUT2D eigenvalue weighted by Crippen LogP contribution is 2.25. The Labute approximate surface area is 76.4 Å². The Kier molecular flexibility index (Phi) is 1.88. The average molecular weight is 177 g/mol. The first-order valence-electron chi connectivity index (χ1n) is 4.29. The normalized spacial score (nSPS) is 16.6. The molecule has 0 unspecified atom stereocenters. The minimum Gasteiger partial charge on any atom is -0.396 e. The van der Waals surface area contributed by atoms with Gasteiger partial charge in [0.05, 0.1) is 17.6 Å². The number of rotatable bonds is 1. The molecule has 1 aliphatic rings. The summed E-state index contributed by atoms with van der Waals surface area (Å²) in [6, 6.07) is 1.78. The maximum absolute atomic E-state index is 11.4. The lowest BCUT2D eigenvalue weighted by atomic mass is 10.3. The van der Waals surface area contributed by atoms with Crippen LogP contribution in [-0.4, -0.2) is 17.4 Å². The zero-order chi connectivity index (χ0) is 9.26. The Balaban J connectivity index is 2.34. The Morgan fingerprint density at radius 2 is 2.38 bits per heavy atom. The van der Waals surface area contributed by atoms with Crippen LogP contribution in [0.15, 0.2) is 18.5 Å². The van der Waals surface area contributed by atoms with Crippen molar-refractivity contribution < 1.29 is 4.79 Å². The Bertz CT molecular complexity index is 337. The molecule has 2 N–H and O–H groups in total. The third-order valence-corrected chi connectivity index (χ3v) is 2.19. The molecule has 0 bridgehead atoms. The molecule has 4 heteroatoms. The largest absolute Gasteiger partial charge is 0.396 e. The smallest absolute Gasteiger partial charge is 0.227 e. The fourth-order valence-electron chi connectivity index (χ4n) is 1.55. The predicted molar refractivity (Wildman–Crippen MR) is 50.2 cm³/mol. The van der Waals surface area contributed by atoms with Crippen LogP contribution in [0.5, 0.6) is 0 Å². The summed E-state index contributed by atoms with van der Waals surface area (Å²) >= 11 is 0. The van der Waals surface area contributed by atoms with Crippen molar-refractivity contribution >= 4 is 17.3 Å². The summed E-state index contributed by atoms with van der Waals surface area (Å²) in [4.78, 5) is 17.0. The number of carbonyl (C=O) groups excluding carboxylic acids is 1. The van der Waals surface area contributed by atoms with Crippen molar-refractivity contribution in [1.29, 1.82) is 0 Å². The molecule has 2 heterocycles. The third kappa shape index (κ3) is 1.35. The van der Waals surface area contributed by atoms with Crippen molar-refractivity contribution in [3.05, 3.63) is 18.5 Å². The van der Waals surface area contributed by atoms with Crippen molar-refractivity contribution in [3.8, 4) is 0 Å². The molecule has 13 heavy (non-hydrogen) atoms. The average Bonchev–Trinajstić information content (AvgIpc) is 2.52. The second-order valence-corrected chi connectivity index (χ2v) is 3.08. The van der Waals surface area contributed by atoms with Crippen LogP contribution in [0.25, 0.3) is 0 Å². The number of hydrogen-bond acceptors (Lipinski definition) is 3. The maximum atomic E-state index is 11.4. The second kappa shape index (κ2) is 3.05. The minimum atomic E-state index is 0.151. The van der Waals surface area contributed by atoms with Crippen LogP contribution < -0.4 is 10.6 Å². The van der Waals surface area contributed by atoms with Crippen molar-refractivity contribution in [2.24, 2.45) is 0 Å². The molecule has 1 saturated heterocycles. The molecule has 1 fully saturated rings. The number of aromatic nitrogens is 1. The molecule has 0 saturated carbocycles. The number of pyridine rings is 1. The highest BCUT2D eigenvalue weighted by molar-refractivity contribution is 5.97. The van der Waals surface area contributed by atoms with E-state index in [2.05, 4.69) is 4.98 Å². The first-order valence-corrected chi connectivity index (χ1v) is 4.29. The van der Waals surface area contributed by atoms with E-state index in [9.17, 15) is 4.79 Å². The van der Waals surface area contributed by atoms with Gasteiger partial charge in [0, 0.05) is 19.2 Å². The van der Waals surface area contributed by atoms with Crippen LogP contribution in [0, 0.1) is 0 Å². The van der Waals surface area contributed by atoms with Crippen LogP contribution in [0.3, 0.4) is 0 Å². The summed E-state index contributed by atoms with van der Waals surface area (Å²) in [7, 11) is 0. The van der Waals surface area contributed by atoms with Gasteiger partial charge in [0.15, 0.2) is 0 Å². The van der Waals surface area contributed by atoms with Gasteiger partial charge in [-0.3, -0.25) is 9.78 Å². The molecule has 2 rings (SSSR count). The standard InChI is InChI=1S/C9H11N3O/c10-7-6-11-4-3-8(7)12-5-1-2-9(12)13/h3-4,6H,1-2,5,10H2.